The molecule has 1 aliphatic rings. The van der Waals surface area contributed by atoms with Crippen LogP contribution in [0, 0.1) is 11.7 Å². The average Bonchev–Trinajstić information content (AvgIpc) is 3.20. The topological polar surface area (TPSA) is 106 Å². The van der Waals surface area contributed by atoms with Gasteiger partial charge in [-0.2, -0.15) is 13.2 Å². The number of anilines is 1. The molecular formula is C28H28F4N6O2. The van der Waals surface area contributed by atoms with Crippen LogP contribution in [0.3, 0.4) is 0 Å². The number of carbonyl (C=O) groups is 1. The second-order valence-corrected chi connectivity index (χ2v) is 10.5. The number of halogens is 4. The summed E-state index contributed by atoms with van der Waals surface area (Å²) in [5.41, 5.74) is 0.735. The third kappa shape index (κ3) is 5.34. The number of pyridine rings is 1. The second kappa shape index (κ2) is 10.5. The number of rotatable bonds is 8. The quantitative estimate of drug-likeness (QED) is 0.238. The maximum Gasteiger partial charge on any atom is 0.419 e. The van der Waals surface area contributed by atoms with Crippen molar-refractivity contribution in [3.05, 3.63) is 64.9 Å². The molecule has 12 heteroatoms. The normalized spacial score (nSPS) is 14.9. The number of fused-ring (bicyclic) bond motifs is 1. The highest BCUT2D eigenvalue weighted by Gasteiger charge is 2.34. The van der Waals surface area contributed by atoms with Crippen LogP contribution >= 0.6 is 0 Å². The molecule has 8 nitrogen and oxygen atoms in total. The Balaban J connectivity index is 1.71. The minimum Gasteiger partial charge on any atom is -0.475 e. The lowest BCUT2D eigenvalue weighted by molar-refractivity contribution is -0.140. The molecule has 3 heterocycles. The summed E-state index contributed by atoms with van der Waals surface area (Å²) >= 11 is 0. The van der Waals surface area contributed by atoms with Gasteiger partial charge in [0.15, 0.2) is 17.3 Å². The zero-order chi connectivity index (χ0) is 28.8. The number of nitrogens with zero attached hydrogens (tertiary/aromatic N) is 5. The van der Waals surface area contributed by atoms with Crippen LogP contribution in [0.2, 0.25) is 0 Å². The molecule has 4 aromatic rings. The molecule has 0 saturated heterocycles. The zero-order valence-electron chi connectivity index (χ0n) is 22.1. The molecule has 0 spiro atoms. The van der Waals surface area contributed by atoms with Crippen molar-refractivity contribution in [3.63, 3.8) is 0 Å². The van der Waals surface area contributed by atoms with E-state index in [9.17, 15) is 27.5 Å². The minimum atomic E-state index is -4.83. The number of alkyl halides is 3. The van der Waals surface area contributed by atoms with Gasteiger partial charge in [-0.3, -0.25) is 4.98 Å². The monoisotopic (exact) mass is 556 g/mol. The summed E-state index contributed by atoms with van der Waals surface area (Å²) < 4.78 is 55.8. The summed E-state index contributed by atoms with van der Waals surface area (Å²) in [5, 5.41) is 13.0. The molecule has 0 amide bonds. The summed E-state index contributed by atoms with van der Waals surface area (Å²) in [6.07, 6.45) is -0.0502. The molecule has 0 unspecified atom stereocenters. The smallest absolute Gasteiger partial charge is 0.419 e. The van der Waals surface area contributed by atoms with Gasteiger partial charge in [0.25, 0.3) is 0 Å². The van der Waals surface area contributed by atoms with Crippen LogP contribution in [0.1, 0.15) is 73.3 Å². The van der Waals surface area contributed by atoms with E-state index in [4.69, 9.17) is 0 Å². The average molecular weight is 557 g/mol. The van der Waals surface area contributed by atoms with E-state index >= 15 is 0 Å². The Labute approximate surface area is 227 Å². The van der Waals surface area contributed by atoms with E-state index in [0.29, 0.717) is 29.0 Å². The summed E-state index contributed by atoms with van der Waals surface area (Å²) in [7, 11) is 0. The van der Waals surface area contributed by atoms with Crippen molar-refractivity contribution in [1.29, 1.82) is 0 Å². The van der Waals surface area contributed by atoms with Crippen molar-refractivity contribution in [1.82, 2.24) is 24.5 Å². The molecule has 0 radical (unpaired) electrons. The lowest BCUT2D eigenvalue weighted by atomic mass is 9.80. The van der Waals surface area contributed by atoms with E-state index in [-0.39, 0.29) is 35.5 Å². The van der Waals surface area contributed by atoms with Crippen molar-refractivity contribution >= 4 is 23.0 Å². The molecule has 210 valence electrons. The summed E-state index contributed by atoms with van der Waals surface area (Å²) in [5.74, 6) is -2.09. The molecule has 40 heavy (non-hydrogen) atoms. The van der Waals surface area contributed by atoms with Crippen LogP contribution in [0.5, 0.6) is 0 Å². The predicted octanol–water partition coefficient (Wildman–Crippen LogP) is 6.52. The standard InChI is InChI=1S/C28H28F4N6O2/c1-14(2)18-9-10-33-21(12-18)26-37-24-22(38(26)13-16-7-8-19(20(29)11-16)28(30,31)32)23(35-25(36-24)27(39)40)34-15(3)17-5-4-6-17/h7-12,14-15,17H,4-6,13H2,1-3H3,(H,39,40)(H,34,35,36)/t15-/m1/s1. The van der Waals surface area contributed by atoms with Gasteiger partial charge in [0.2, 0.25) is 5.82 Å². The van der Waals surface area contributed by atoms with E-state index < -0.39 is 29.4 Å². The third-order valence-corrected chi connectivity index (χ3v) is 7.37. The third-order valence-electron chi connectivity index (χ3n) is 7.37. The minimum absolute atomic E-state index is 0.0359. The number of aromatic carboxylic acids is 1. The van der Waals surface area contributed by atoms with Crippen molar-refractivity contribution in [3.8, 4) is 11.5 Å². The molecule has 2 N–H and O–H groups in total. The van der Waals surface area contributed by atoms with Crippen molar-refractivity contribution in [2.45, 2.75) is 64.7 Å². The fourth-order valence-electron chi connectivity index (χ4n) is 4.85. The summed E-state index contributed by atoms with van der Waals surface area (Å²) in [4.78, 5) is 29.4. The number of nitrogens with one attached hydrogen (secondary N) is 1. The molecule has 1 atom stereocenters. The maximum absolute atomic E-state index is 14.5. The largest absolute Gasteiger partial charge is 0.475 e. The van der Waals surface area contributed by atoms with E-state index in [1.165, 1.54) is 6.07 Å². The highest BCUT2D eigenvalue weighted by molar-refractivity contribution is 5.92. The van der Waals surface area contributed by atoms with Crippen molar-refractivity contribution < 1.29 is 27.5 Å². The van der Waals surface area contributed by atoms with Crippen LogP contribution in [0.4, 0.5) is 23.4 Å². The van der Waals surface area contributed by atoms with Crippen LogP contribution in [0.25, 0.3) is 22.7 Å². The van der Waals surface area contributed by atoms with E-state index in [2.05, 4.69) is 25.3 Å². The first kappa shape index (κ1) is 27.5. The lowest BCUT2D eigenvalue weighted by Gasteiger charge is -2.32. The van der Waals surface area contributed by atoms with E-state index in [1.807, 2.05) is 32.9 Å². The molecule has 1 aliphatic carbocycles. The summed E-state index contributed by atoms with van der Waals surface area (Å²) in [6.45, 7) is 5.93. The predicted molar refractivity (Wildman–Crippen MR) is 141 cm³/mol. The van der Waals surface area contributed by atoms with E-state index in [1.54, 1.807) is 10.8 Å². The van der Waals surface area contributed by atoms with Crippen LogP contribution < -0.4 is 5.32 Å². The van der Waals surface area contributed by atoms with Gasteiger partial charge >= 0.3 is 12.1 Å². The van der Waals surface area contributed by atoms with Crippen LogP contribution in [-0.2, 0) is 12.7 Å². The highest BCUT2D eigenvalue weighted by Crippen LogP contribution is 2.35. The molecule has 5 rings (SSSR count). The van der Waals surface area contributed by atoms with Gasteiger partial charge < -0.3 is 15.0 Å². The first-order valence-electron chi connectivity index (χ1n) is 13.0. The van der Waals surface area contributed by atoms with Gasteiger partial charge in [-0.05, 0) is 67.0 Å². The Morgan fingerprint density at radius 2 is 1.88 bits per heavy atom. The van der Waals surface area contributed by atoms with Crippen molar-refractivity contribution in [2.75, 3.05) is 5.32 Å². The first-order valence-corrected chi connectivity index (χ1v) is 13.0. The molecule has 0 bridgehead atoms. The number of benzene rings is 1. The Kier molecular flexibility index (Phi) is 7.19. The fourth-order valence-corrected chi connectivity index (χ4v) is 4.85. The molecule has 1 fully saturated rings. The molecule has 3 aromatic heterocycles. The van der Waals surface area contributed by atoms with Gasteiger partial charge in [-0.15, -0.1) is 0 Å². The highest BCUT2D eigenvalue weighted by atomic mass is 19.4. The molecule has 0 aliphatic heterocycles. The lowest BCUT2D eigenvalue weighted by Crippen LogP contribution is -2.31. The Hall–Kier alpha value is -4.09. The number of hydrogen-bond acceptors (Lipinski definition) is 6. The SMILES string of the molecule is CC(C)c1ccnc(-c2nc3nc(C(=O)O)nc(N[C@H](C)C4CCC4)c3n2Cc2ccc(C(F)(F)F)c(F)c2)c1. The second-order valence-electron chi connectivity index (χ2n) is 10.5. The molecule has 1 aromatic carbocycles. The van der Waals surface area contributed by atoms with Crippen LogP contribution in [-0.4, -0.2) is 41.6 Å². The fraction of sp³-hybridized carbons (Fsp3) is 0.393. The van der Waals surface area contributed by atoms with Crippen molar-refractivity contribution in [2.24, 2.45) is 5.92 Å². The number of hydrogen-bond donors (Lipinski definition) is 2. The Bertz CT molecular complexity index is 1580. The molecular weight excluding hydrogens is 528 g/mol. The maximum atomic E-state index is 14.5. The molecule has 1 saturated carbocycles. The Morgan fingerprint density at radius 1 is 1.12 bits per heavy atom. The summed E-state index contributed by atoms with van der Waals surface area (Å²) in [6, 6.07) is 6.42. The van der Waals surface area contributed by atoms with Gasteiger partial charge in [0.1, 0.15) is 17.0 Å². The van der Waals surface area contributed by atoms with Gasteiger partial charge in [0.05, 0.1) is 12.1 Å². The van der Waals surface area contributed by atoms with Gasteiger partial charge in [-0.25, -0.2) is 24.1 Å². The van der Waals surface area contributed by atoms with Gasteiger partial charge in [0, 0.05) is 12.2 Å². The number of imidazole rings is 1. The first-order chi connectivity index (χ1) is 18.9. The van der Waals surface area contributed by atoms with Crippen LogP contribution in [0.15, 0.2) is 36.5 Å². The Morgan fingerprint density at radius 3 is 2.48 bits per heavy atom. The number of aromatic nitrogens is 5. The van der Waals surface area contributed by atoms with E-state index in [0.717, 1.165) is 30.9 Å². The number of carboxylic acid groups (broad SMARTS) is 1. The van der Waals surface area contributed by atoms with Gasteiger partial charge in [-0.1, -0.05) is 26.3 Å². The zero-order valence-corrected chi connectivity index (χ0v) is 22.1. The number of carboxylic acids is 1.